The zero-order chi connectivity index (χ0) is 13.9. The summed E-state index contributed by atoms with van der Waals surface area (Å²) in [5.41, 5.74) is 1.12. The minimum atomic E-state index is -0.103. The van der Waals surface area contributed by atoms with E-state index in [9.17, 15) is 4.79 Å². The highest BCUT2D eigenvalue weighted by atomic mass is 16.2. The predicted octanol–water partition coefficient (Wildman–Crippen LogP) is 3.31. The summed E-state index contributed by atoms with van der Waals surface area (Å²) in [6, 6.07) is 9.94. The number of hydrogen-bond acceptors (Lipinski definition) is 2. The zero-order valence-corrected chi connectivity index (χ0v) is 11.6. The number of carbonyl (C=O) groups is 1. The van der Waals surface area contributed by atoms with E-state index in [1.165, 1.54) is 19.3 Å². The quantitative estimate of drug-likeness (QED) is 0.870. The fraction of sp³-hybridized carbons (Fsp3) is 0.500. The molecule has 4 nitrogen and oxygen atoms in total. The number of carbonyl (C=O) groups excluding carboxylic acids is 1. The van der Waals surface area contributed by atoms with Crippen LogP contribution in [-0.4, -0.2) is 23.3 Å². The standard InChI is InChI=1S/C16H21N3O/c17-15-10-9-14(13-7-2-1-3-8-13)19(15)16(20)18-11-12-5-4-6-12/h1-3,7-8,12,14,17H,4-6,9-11H2,(H,18,20)/t14-/m0/s1. The Morgan fingerprint density at radius 2 is 2.00 bits per heavy atom. The van der Waals surface area contributed by atoms with Gasteiger partial charge in [-0.1, -0.05) is 36.8 Å². The van der Waals surface area contributed by atoms with Gasteiger partial charge in [0, 0.05) is 13.0 Å². The van der Waals surface area contributed by atoms with Crippen molar-refractivity contribution in [1.82, 2.24) is 10.2 Å². The summed E-state index contributed by atoms with van der Waals surface area (Å²) >= 11 is 0. The Hall–Kier alpha value is -1.84. The number of nitrogens with zero attached hydrogens (tertiary/aromatic N) is 1. The maximum atomic E-state index is 12.4. The first-order chi connectivity index (χ1) is 9.75. The molecule has 1 aliphatic carbocycles. The van der Waals surface area contributed by atoms with E-state index in [0.29, 0.717) is 18.2 Å². The van der Waals surface area contributed by atoms with E-state index in [1.54, 1.807) is 4.90 Å². The van der Waals surface area contributed by atoms with Crippen molar-refractivity contribution in [3.8, 4) is 0 Å². The van der Waals surface area contributed by atoms with Gasteiger partial charge in [-0.2, -0.15) is 0 Å². The van der Waals surface area contributed by atoms with E-state index in [4.69, 9.17) is 5.41 Å². The van der Waals surface area contributed by atoms with Gasteiger partial charge < -0.3 is 5.32 Å². The largest absolute Gasteiger partial charge is 0.337 e. The van der Waals surface area contributed by atoms with Gasteiger partial charge in [-0.15, -0.1) is 0 Å². The molecule has 1 saturated heterocycles. The molecular formula is C16H21N3O. The van der Waals surface area contributed by atoms with E-state index in [-0.39, 0.29) is 12.1 Å². The molecule has 0 bridgehead atoms. The fourth-order valence-corrected chi connectivity index (χ4v) is 2.98. The molecule has 2 amide bonds. The highest BCUT2D eigenvalue weighted by Gasteiger charge is 2.34. The van der Waals surface area contributed by atoms with E-state index in [1.807, 2.05) is 30.3 Å². The molecule has 0 spiro atoms. The highest BCUT2D eigenvalue weighted by Crippen LogP contribution is 2.33. The lowest BCUT2D eigenvalue weighted by molar-refractivity contribution is 0.205. The number of amidine groups is 1. The fourth-order valence-electron chi connectivity index (χ4n) is 2.98. The maximum absolute atomic E-state index is 12.4. The molecule has 0 radical (unpaired) electrons. The second-order valence-corrected chi connectivity index (χ2v) is 5.76. The van der Waals surface area contributed by atoms with Crippen LogP contribution in [0.5, 0.6) is 0 Å². The van der Waals surface area contributed by atoms with Crippen molar-refractivity contribution in [1.29, 1.82) is 5.41 Å². The third-order valence-corrected chi connectivity index (χ3v) is 4.43. The van der Waals surface area contributed by atoms with E-state index >= 15 is 0 Å². The van der Waals surface area contributed by atoms with Crippen molar-refractivity contribution in [3.63, 3.8) is 0 Å². The van der Waals surface area contributed by atoms with Gasteiger partial charge in [-0.05, 0) is 30.7 Å². The third-order valence-electron chi connectivity index (χ3n) is 4.43. The summed E-state index contributed by atoms with van der Waals surface area (Å²) in [5, 5.41) is 11.0. The first kappa shape index (κ1) is 13.2. The van der Waals surface area contributed by atoms with Gasteiger partial charge in [0.25, 0.3) is 0 Å². The molecule has 0 aromatic heterocycles. The summed E-state index contributed by atoms with van der Waals surface area (Å²) in [5.74, 6) is 1.08. The van der Waals surface area contributed by atoms with Crippen molar-refractivity contribution in [2.45, 2.75) is 38.1 Å². The Morgan fingerprint density at radius 3 is 2.65 bits per heavy atom. The van der Waals surface area contributed by atoms with Crippen LogP contribution in [0.3, 0.4) is 0 Å². The lowest BCUT2D eigenvalue weighted by atomic mass is 9.85. The Bertz CT molecular complexity index is 496. The topological polar surface area (TPSA) is 56.2 Å². The molecule has 2 aliphatic rings. The molecule has 106 valence electrons. The van der Waals surface area contributed by atoms with Crippen LogP contribution in [0.2, 0.25) is 0 Å². The Morgan fingerprint density at radius 1 is 1.25 bits per heavy atom. The van der Waals surface area contributed by atoms with Crippen molar-refractivity contribution < 1.29 is 4.79 Å². The second-order valence-electron chi connectivity index (χ2n) is 5.76. The van der Waals surface area contributed by atoms with Crippen LogP contribution in [0.4, 0.5) is 4.79 Å². The third kappa shape index (κ3) is 2.55. The molecule has 3 rings (SSSR count). The lowest BCUT2D eigenvalue weighted by Crippen LogP contribution is -2.44. The zero-order valence-electron chi connectivity index (χ0n) is 11.6. The number of benzene rings is 1. The van der Waals surface area contributed by atoms with Gasteiger partial charge in [0.15, 0.2) is 0 Å². The summed E-state index contributed by atoms with van der Waals surface area (Å²) < 4.78 is 0. The molecule has 1 aliphatic heterocycles. The molecule has 1 aromatic carbocycles. The van der Waals surface area contributed by atoms with Gasteiger partial charge in [0.2, 0.25) is 0 Å². The summed E-state index contributed by atoms with van der Waals surface area (Å²) in [7, 11) is 0. The normalized spacial score (nSPS) is 22.7. The van der Waals surface area contributed by atoms with Crippen LogP contribution >= 0.6 is 0 Å². The van der Waals surface area contributed by atoms with Crippen LogP contribution in [-0.2, 0) is 0 Å². The van der Waals surface area contributed by atoms with Crippen molar-refractivity contribution in [2.75, 3.05) is 6.54 Å². The van der Waals surface area contributed by atoms with Gasteiger partial charge in [0.1, 0.15) is 5.84 Å². The summed E-state index contributed by atoms with van der Waals surface area (Å²) in [4.78, 5) is 14.0. The van der Waals surface area contributed by atoms with Crippen molar-refractivity contribution >= 4 is 11.9 Å². The summed E-state index contributed by atoms with van der Waals surface area (Å²) in [6.45, 7) is 0.754. The highest BCUT2D eigenvalue weighted by molar-refractivity contribution is 5.98. The molecule has 20 heavy (non-hydrogen) atoms. The van der Waals surface area contributed by atoms with Crippen LogP contribution in [0.15, 0.2) is 30.3 Å². The Labute approximate surface area is 119 Å². The molecule has 4 heteroatoms. The van der Waals surface area contributed by atoms with Crippen LogP contribution in [0, 0.1) is 11.3 Å². The number of rotatable bonds is 3. The molecule has 1 atom stereocenters. The smallest absolute Gasteiger partial charge is 0.323 e. The summed E-state index contributed by atoms with van der Waals surface area (Å²) in [6.07, 6.45) is 5.25. The molecule has 1 aromatic rings. The number of likely N-dealkylation sites (tertiary alicyclic amines) is 1. The number of amides is 2. The van der Waals surface area contributed by atoms with Gasteiger partial charge in [0.05, 0.1) is 6.04 Å². The molecule has 2 N–H and O–H groups in total. The monoisotopic (exact) mass is 271 g/mol. The number of nitrogens with one attached hydrogen (secondary N) is 2. The van der Waals surface area contributed by atoms with Crippen molar-refractivity contribution in [2.24, 2.45) is 5.92 Å². The molecule has 1 heterocycles. The van der Waals surface area contributed by atoms with Crippen LogP contribution < -0.4 is 5.32 Å². The number of hydrogen-bond donors (Lipinski definition) is 2. The number of urea groups is 1. The van der Waals surface area contributed by atoms with Gasteiger partial charge >= 0.3 is 6.03 Å². The van der Waals surface area contributed by atoms with Crippen molar-refractivity contribution in [3.05, 3.63) is 35.9 Å². The average molecular weight is 271 g/mol. The minimum absolute atomic E-state index is 0.0186. The average Bonchev–Trinajstić information content (AvgIpc) is 2.80. The molecule has 0 unspecified atom stereocenters. The van der Waals surface area contributed by atoms with E-state index in [2.05, 4.69) is 5.32 Å². The van der Waals surface area contributed by atoms with Gasteiger partial charge in [-0.25, -0.2) is 4.79 Å². The first-order valence-corrected chi connectivity index (χ1v) is 7.45. The van der Waals surface area contributed by atoms with Crippen LogP contribution in [0.1, 0.15) is 43.7 Å². The van der Waals surface area contributed by atoms with Gasteiger partial charge in [-0.3, -0.25) is 10.3 Å². The van der Waals surface area contributed by atoms with E-state index in [0.717, 1.165) is 18.5 Å². The maximum Gasteiger partial charge on any atom is 0.323 e. The molecule has 1 saturated carbocycles. The molecular weight excluding hydrogens is 250 g/mol. The Kier molecular flexibility index (Phi) is 3.72. The minimum Gasteiger partial charge on any atom is -0.337 e. The predicted molar refractivity (Wildman–Crippen MR) is 78.7 cm³/mol. The lowest BCUT2D eigenvalue weighted by Gasteiger charge is -2.29. The second kappa shape index (κ2) is 5.65. The molecule has 2 fully saturated rings. The van der Waals surface area contributed by atoms with Crippen LogP contribution in [0.25, 0.3) is 0 Å². The first-order valence-electron chi connectivity index (χ1n) is 7.45. The van der Waals surface area contributed by atoms with E-state index < -0.39 is 0 Å². The Balaban J connectivity index is 1.68. The SMILES string of the molecule is N=C1CC[C@@H](c2ccccc2)N1C(=O)NCC1CCC1.